The van der Waals surface area contributed by atoms with E-state index in [0.717, 1.165) is 0 Å². The fourth-order valence-corrected chi connectivity index (χ4v) is 0.362. The zero-order valence-electron chi connectivity index (χ0n) is 5.41. The third-order valence-electron chi connectivity index (χ3n) is 0.883. The first kappa shape index (κ1) is 12.0. The van der Waals surface area contributed by atoms with E-state index in [1.807, 2.05) is 0 Å². The molecule has 0 spiro atoms. The minimum atomic E-state index is -0.860. The molecule has 0 aromatic carbocycles. The molecular formula is C6H10ClNO2. The Morgan fingerprint density at radius 3 is 2.60 bits per heavy atom. The molecule has 0 saturated heterocycles. The standard InChI is InChI=1S/C6H9NO2.ClH/c1-2-5(7)3-4-6(8)9;/h1,5H,3-4,7H2,(H,8,9);1H. The van der Waals surface area contributed by atoms with Crippen LogP contribution in [0.25, 0.3) is 0 Å². The van der Waals surface area contributed by atoms with Crippen molar-refractivity contribution >= 4 is 18.4 Å². The average Bonchev–Trinajstić information content (AvgIpc) is 1.83. The van der Waals surface area contributed by atoms with E-state index < -0.39 is 12.0 Å². The molecule has 1 atom stereocenters. The van der Waals surface area contributed by atoms with Crippen molar-refractivity contribution in [2.45, 2.75) is 18.9 Å². The largest absolute Gasteiger partial charge is 0.481 e. The first-order chi connectivity index (χ1) is 4.16. The van der Waals surface area contributed by atoms with Gasteiger partial charge in [0, 0.05) is 6.42 Å². The molecule has 1 unspecified atom stereocenters. The smallest absolute Gasteiger partial charge is 0.303 e. The van der Waals surface area contributed by atoms with E-state index in [9.17, 15) is 4.79 Å². The van der Waals surface area contributed by atoms with E-state index >= 15 is 0 Å². The van der Waals surface area contributed by atoms with Crippen LogP contribution in [0.15, 0.2) is 0 Å². The molecule has 0 bridgehead atoms. The number of rotatable bonds is 3. The Morgan fingerprint density at radius 1 is 1.80 bits per heavy atom. The van der Waals surface area contributed by atoms with Crippen LogP contribution in [0.2, 0.25) is 0 Å². The Morgan fingerprint density at radius 2 is 2.30 bits per heavy atom. The number of nitrogens with two attached hydrogens (primary N) is 1. The predicted octanol–water partition coefficient (Wildman–Crippen LogP) is 0.234. The lowest BCUT2D eigenvalue weighted by Gasteiger charge is -1.98. The van der Waals surface area contributed by atoms with Crippen molar-refractivity contribution in [3.63, 3.8) is 0 Å². The molecule has 0 aliphatic carbocycles. The molecule has 0 aromatic heterocycles. The third kappa shape index (κ3) is 7.28. The van der Waals surface area contributed by atoms with E-state index in [2.05, 4.69) is 5.92 Å². The third-order valence-corrected chi connectivity index (χ3v) is 0.883. The van der Waals surface area contributed by atoms with Crippen LogP contribution in [0.4, 0.5) is 0 Å². The molecule has 0 radical (unpaired) electrons. The summed E-state index contributed by atoms with van der Waals surface area (Å²) in [6, 6.07) is -0.416. The lowest BCUT2D eigenvalue weighted by molar-refractivity contribution is -0.137. The summed E-state index contributed by atoms with van der Waals surface area (Å²) in [4.78, 5) is 9.90. The highest BCUT2D eigenvalue weighted by atomic mass is 35.5. The summed E-state index contributed by atoms with van der Waals surface area (Å²) in [6.07, 6.45) is 5.29. The summed E-state index contributed by atoms with van der Waals surface area (Å²) in [6.45, 7) is 0. The summed E-state index contributed by atoms with van der Waals surface area (Å²) < 4.78 is 0. The highest BCUT2D eigenvalue weighted by molar-refractivity contribution is 5.85. The number of carbonyl (C=O) groups is 1. The molecule has 0 heterocycles. The minimum absolute atomic E-state index is 0. The van der Waals surface area contributed by atoms with Crippen molar-refractivity contribution in [1.82, 2.24) is 0 Å². The SMILES string of the molecule is C#CC(N)CCC(=O)O.Cl. The second-order valence-corrected chi connectivity index (χ2v) is 1.71. The topological polar surface area (TPSA) is 63.3 Å². The van der Waals surface area contributed by atoms with Gasteiger partial charge in [-0.3, -0.25) is 4.79 Å². The second kappa shape index (κ2) is 6.40. The van der Waals surface area contributed by atoms with Gasteiger partial charge in [-0.05, 0) is 6.42 Å². The first-order valence-corrected chi connectivity index (χ1v) is 2.60. The van der Waals surface area contributed by atoms with Crippen LogP contribution >= 0.6 is 12.4 Å². The fourth-order valence-electron chi connectivity index (χ4n) is 0.362. The average molecular weight is 164 g/mol. The molecule has 0 saturated carbocycles. The highest BCUT2D eigenvalue weighted by Crippen LogP contribution is 1.91. The summed E-state index contributed by atoms with van der Waals surface area (Å²) >= 11 is 0. The molecular weight excluding hydrogens is 154 g/mol. The van der Waals surface area contributed by atoms with Crippen molar-refractivity contribution in [2.24, 2.45) is 5.73 Å². The molecule has 0 amide bonds. The fraction of sp³-hybridized carbons (Fsp3) is 0.500. The predicted molar refractivity (Wildman–Crippen MR) is 40.9 cm³/mol. The van der Waals surface area contributed by atoms with Gasteiger partial charge in [0.15, 0.2) is 0 Å². The Kier molecular flexibility index (Phi) is 7.68. The number of carboxylic acid groups (broad SMARTS) is 1. The van der Waals surface area contributed by atoms with Crippen molar-refractivity contribution in [3.05, 3.63) is 0 Å². The van der Waals surface area contributed by atoms with E-state index in [1.165, 1.54) is 0 Å². The molecule has 3 N–H and O–H groups in total. The van der Waals surface area contributed by atoms with Gasteiger partial charge in [0.2, 0.25) is 0 Å². The summed E-state index contributed by atoms with van der Waals surface area (Å²) in [5, 5.41) is 8.13. The first-order valence-electron chi connectivity index (χ1n) is 2.60. The zero-order valence-corrected chi connectivity index (χ0v) is 6.23. The van der Waals surface area contributed by atoms with Gasteiger partial charge in [-0.15, -0.1) is 18.8 Å². The van der Waals surface area contributed by atoms with E-state index in [0.29, 0.717) is 6.42 Å². The van der Waals surface area contributed by atoms with Crippen LogP contribution in [0.1, 0.15) is 12.8 Å². The molecule has 4 heteroatoms. The van der Waals surface area contributed by atoms with Crippen LogP contribution in [0.5, 0.6) is 0 Å². The van der Waals surface area contributed by atoms with E-state index in [4.69, 9.17) is 17.3 Å². The van der Waals surface area contributed by atoms with Gasteiger partial charge in [-0.2, -0.15) is 0 Å². The quantitative estimate of drug-likeness (QED) is 0.586. The van der Waals surface area contributed by atoms with Crippen LogP contribution in [0.3, 0.4) is 0 Å². The van der Waals surface area contributed by atoms with Gasteiger partial charge < -0.3 is 10.8 Å². The summed E-state index contributed by atoms with van der Waals surface area (Å²) in [5.41, 5.74) is 5.22. The van der Waals surface area contributed by atoms with Gasteiger partial charge in [0.05, 0.1) is 6.04 Å². The Hall–Kier alpha value is -0.720. The summed E-state index contributed by atoms with van der Waals surface area (Å²) in [5.74, 6) is 1.37. The van der Waals surface area contributed by atoms with Gasteiger partial charge >= 0.3 is 5.97 Å². The molecule has 0 rings (SSSR count). The molecule has 0 aromatic rings. The Balaban J connectivity index is 0. The Labute approximate surface area is 66.0 Å². The molecule has 3 nitrogen and oxygen atoms in total. The van der Waals surface area contributed by atoms with Crippen LogP contribution in [-0.4, -0.2) is 17.1 Å². The van der Waals surface area contributed by atoms with Crippen LogP contribution in [0, 0.1) is 12.3 Å². The molecule has 0 aliphatic rings. The van der Waals surface area contributed by atoms with E-state index in [1.54, 1.807) is 0 Å². The molecule has 0 aliphatic heterocycles. The number of aliphatic carboxylic acids is 1. The van der Waals surface area contributed by atoms with Gasteiger partial charge in [-0.1, -0.05) is 5.92 Å². The summed E-state index contributed by atoms with van der Waals surface area (Å²) in [7, 11) is 0. The number of hydrogen-bond acceptors (Lipinski definition) is 2. The number of carboxylic acids is 1. The van der Waals surface area contributed by atoms with Crippen molar-refractivity contribution in [1.29, 1.82) is 0 Å². The minimum Gasteiger partial charge on any atom is -0.481 e. The number of hydrogen-bond donors (Lipinski definition) is 2. The van der Waals surface area contributed by atoms with Crippen molar-refractivity contribution < 1.29 is 9.90 Å². The number of halogens is 1. The maximum absolute atomic E-state index is 9.90. The van der Waals surface area contributed by atoms with Gasteiger partial charge in [-0.25, -0.2) is 0 Å². The lowest BCUT2D eigenvalue weighted by atomic mass is 10.2. The number of terminal acetylenes is 1. The van der Waals surface area contributed by atoms with Crippen molar-refractivity contribution in [3.8, 4) is 12.3 Å². The molecule has 10 heavy (non-hydrogen) atoms. The lowest BCUT2D eigenvalue weighted by Crippen LogP contribution is -2.18. The van der Waals surface area contributed by atoms with Crippen LogP contribution in [-0.2, 0) is 4.79 Å². The molecule has 0 fully saturated rings. The highest BCUT2D eigenvalue weighted by Gasteiger charge is 2.00. The van der Waals surface area contributed by atoms with Crippen molar-refractivity contribution in [2.75, 3.05) is 0 Å². The Bertz CT molecular complexity index is 141. The molecule has 58 valence electrons. The van der Waals surface area contributed by atoms with Crippen LogP contribution < -0.4 is 5.73 Å². The second-order valence-electron chi connectivity index (χ2n) is 1.71. The maximum atomic E-state index is 9.90. The zero-order chi connectivity index (χ0) is 7.28. The monoisotopic (exact) mass is 163 g/mol. The maximum Gasteiger partial charge on any atom is 0.303 e. The van der Waals surface area contributed by atoms with Gasteiger partial charge in [0.25, 0.3) is 0 Å². The van der Waals surface area contributed by atoms with E-state index in [-0.39, 0.29) is 18.8 Å². The van der Waals surface area contributed by atoms with Gasteiger partial charge in [0.1, 0.15) is 0 Å². The normalized spacial score (nSPS) is 10.8.